The van der Waals surface area contributed by atoms with Gasteiger partial charge in [0.15, 0.2) is 0 Å². The van der Waals surface area contributed by atoms with Crippen molar-refractivity contribution in [2.45, 2.75) is 32.1 Å². The first-order valence-corrected chi connectivity index (χ1v) is 14.4. The fourth-order valence-corrected chi connectivity index (χ4v) is 9.52. The molecule has 0 radical (unpaired) electrons. The van der Waals surface area contributed by atoms with Crippen LogP contribution in [0.3, 0.4) is 0 Å². The van der Waals surface area contributed by atoms with Crippen molar-refractivity contribution < 1.29 is 0 Å². The predicted octanol–water partition coefficient (Wildman–Crippen LogP) is 7.11. The molecule has 1 unspecified atom stereocenters. The van der Waals surface area contributed by atoms with Gasteiger partial charge in [-0.2, -0.15) is 0 Å². The summed E-state index contributed by atoms with van der Waals surface area (Å²) in [6.45, 7) is 2.33. The van der Waals surface area contributed by atoms with Gasteiger partial charge in [0.1, 0.15) is 0 Å². The average molecular weight is 468 g/mol. The maximum atomic E-state index is 5.85. The first-order chi connectivity index (χ1) is 13.3. The van der Waals surface area contributed by atoms with Crippen LogP contribution in [-0.4, -0.2) is 13.3 Å². The summed E-state index contributed by atoms with van der Waals surface area (Å²) in [4.78, 5) is 0. The fraction of sp³-hybridized carbons (Fsp3) is 0.308. The molecule has 3 aromatic carbocycles. The van der Waals surface area contributed by atoms with Gasteiger partial charge in [0.05, 0.1) is 0 Å². The predicted molar refractivity (Wildman–Crippen MR) is 129 cm³/mol. The molecule has 0 heterocycles. The van der Waals surface area contributed by atoms with Gasteiger partial charge in [0.2, 0.25) is 0 Å². The standard InChI is InChI=1S/C26H29I/c1-3-18-27(20-17-23(4-2)24-10-6-5-7-11-24)19-16-22-14-15-25-12-8-9-13-26(25)21-22/h2,5-15,21,23H,3,16-20H2,1H3. The normalized spacial score (nSPS) is 12.5. The molecule has 0 aromatic heterocycles. The van der Waals surface area contributed by atoms with Crippen LogP contribution in [0, 0.1) is 12.3 Å². The molecule has 0 N–H and O–H groups in total. The van der Waals surface area contributed by atoms with Gasteiger partial charge in [0.25, 0.3) is 0 Å². The van der Waals surface area contributed by atoms with E-state index in [0.29, 0.717) is 0 Å². The quantitative estimate of drug-likeness (QED) is 0.178. The van der Waals surface area contributed by atoms with E-state index in [4.69, 9.17) is 6.42 Å². The van der Waals surface area contributed by atoms with Gasteiger partial charge in [-0.05, 0) is 0 Å². The molecule has 3 rings (SSSR count). The first kappa shape index (κ1) is 20.0. The molecule has 0 saturated heterocycles. The third-order valence-electron chi connectivity index (χ3n) is 4.99. The number of terminal acetylenes is 1. The van der Waals surface area contributed by atoms with Crippen LogP contribution >= 0.6 is 19.8 Å². The summed E-state index contributed by atoms with van der Waals surface area (Å²) in [5.74, 6) is 3.32. The Morgan fingerprint density at radius 3 is 2.33 bits per heavy atom. The van der Waals surface area contributed by atoms with Gasteiger partial charge in [-0.15, -0.1) is 0 Å². The van der Waals surface area contributed by atoms with Gasteiger partial charge in [0, 0.05) is 0 Å². The molecule has 0 saturated carbocycles. The molecule has 3 aromatic rings. The number of rotatable bonds is 9. The molecule has 140 valence electrons. The summed E-state index contributed by atoms with van der Waals surface area (Å²) in [6.07, 6.45) is 9.54. The van der Waals surface area contributed by atoms with Crippen LogP contribution in [0.25, 0.3) is 10.8 Å². The molecule has 0 spiro atoms. The topological polar surface area (TPSA) is 0 Å². The second-order valence-electron chi connectivity index (χ2n) is 6.98. The number of halogens is 1. The Balaban J connectivity index is 1.58. The maximum absolute atomic E-state index is 5.85. The SMILES string of the molecule is C#CC(CCI(CCC)CCc1ccc2ccccc2c1)c1ccccc1. The van der Waals surface area contributed by atoms with E-state index in [-0.39, 0.29) is 5.92 Å². The Hall–Kier alpha value is -1.79. The van der Waals surface area contributed by atoms with Gasteiger partial charge in [-0.25, -0.2) is 0 Å². The second-order valence-corrected chi connectivity index (χ2v) is 13.5. The Morgan fingerprint density at radius 1 is 0.852 bits per heavy atom. The summed E-state index contributed by atoms with van der Waals surface area (Å²) in [7, 11) is 0. The van der Waals surface area contributed by atoms with Gasteiger partial charge in [-0.3, -0.25) is 0 Å². The van der Waals surface area contributed by atoms with Crippen LogP contribution < -0.4 is 0 Å². The number of hydrogen-bond donors (Lipinski definition) is 0. The van der Waals surface area contributed by atoms with Crippen molar-refractivity contribution in [2.24, 2.45) is 0 Å². The zero-order chi connectivity index (χ0) is 18.9. The van der Waals surface area contributed by atoms with E-state index in [1.54, 1.807) is 0 Å². The summed E-state index contributed by atoms with van der Waals surface area (Å²) in [5.41, 5.74) is 2.80. The Kier molecular flexibility index (Phi) is 7.78. The van der Waals surface area contributed by atoms with Crippen molar-refractivity contribution in [1.82, 2.24) is 0 Å². The first-order valence-electron chi connectivity index (χ1n) is 9.86. The minimum absolute atomic E-state index is 0.281. The van der Waals surface area contributed by atoms with E-state index in [2.05, 4.69) is 85.6 Å². The second kappa shape index (κ2) is 10.5. The molecule has 1 atom stereocenters. The molecule has 0 aliphatic rings. The Morgan fingerprint density at radius 2 is 1.59 bits per heavy atom. The minimum atomic E-state index is -0.948. The van der Waals surface area contributed by atoms with Crippen molar-refractivity contribution in [2.75, 3.05) is 13.3 Å². The van der Waals surface area contributed by atoms with Crippen molar-refractivity contribution in [1.29, 1.82) is 0 Å². The molecule has 27 heavy (non-hydrogen) atoms. The van der Waals surface area contributed by atoms with Crippen LogP contribution in [0.15, 0.2) is 72.8 Å². The van der Waals surface area contributed by atoms with E-state index in [1.807, 2.05) is 0 Å². The molecule has 1 heteroatoms. The van der Waals surface area contributed by atoms with Crippen molar-refractivity contribution in [3.63, 3.8) is 0 Å². The van der Waals surface area contributed by atoms with Crippen molar-refractivity contribution in [3.8, 4) is 12.3 Å². The molecule has 0 aliphatic carbocycles. The molecule has 0 nitrogen and oxygen atoms in total. The molecular weight excluding hydrogens is 439 g/mol. The molecule has 0 fully saturated rings. The Labute approximate surface area is 171 Å². The zero-order valence-corrected chi connectivity index (χ0v) is 18.4. The van der Waals surface area contributed by atoms with Gasteiger partial charge in [-0.1, -0.05) is 0 Å². The van der Waals surface area contributed by atoms with Crippen LogP contribution in [-0.2, 0) is 6.42 Å². The van der Waals surface area contributed by atoms with Crippen molar-refractivity contribution >= 4 is 30.6 Å². The molecule has 0 amide bonds. The number of fused-ring (bicyclic) bond motifs is 1. The van der Waals surface area contributed by atoms with Crippen molar-refractivity contribution in [3.05, 3.63) is 83.9 Å². The zero-order valence-electron chi connectivity index (χ0n) is 16.2. The summed E-state index contributed by atoms with van der Waals surface area (Å²) in [6, 6.07) is 26.2. The van der Waals surface area contributed by atoms with Gasteiger partial charge < -0.3 is 0 Å². The van der Waals surface area contributed by atoms with E-state index in [1.165, 1.54) is 48.0 Å². The molecule has 0 aliphatic heterocycles. The van der Waals surface area contributed by atoms with E-state index in [9.17, 15) is 0 Å². The number of hydrogen-bond acceptors (Lipinski definition) is 0. The van der Waals surface area contributed by atoms with E-state index < -0.39 is 19.8 Å². The van der Waals surface area contributed by atoms with E-state index >= 15 is 0 Å². The summed E-state index contributed by atoms with van der Waals surface area (Å²) in [5, 5.41) is 2.70. The molecular formula is C26H29I. The van der Waals surface area contributed by atoms with Crippen LogP contribution in [0.4, 0.5) is 0 Å². The Bertz CT molecular complexity index is 875. The summed E-state index contributed by atoms with van der Waals surface area (Å²) >= 11 is -0.948. The monoisotopic (exact) mass is 468 g/mol. The third kappa shape index (κ3) is 5.84. The number of aryl methyl sites for hydroxylation is 1. The van der Waals surface area contributed by atoms with E-state index in [0.717, 1.165) is 6.42 Å². The van der Waals surface area contributed by atoms with Crippen LogP contribution in [0.5, 0.6) is 0 Å². The number of alkyl halides is 3. The van der Waals surface area contributed by atoms with Crippen LogP contribution in [0.2, 0.25) is 0 Å². The number of benzene rings is 3. The molecule has 0 bridgehead atoms. The van der Waals surface area contributed by atoms with Gasteiger partial charge >= 0.3 is 172 Å². The summed E-state index contributed by atoms with van der Waals surface area (Å²) < 4.78 is 4.22. The third-order valence-corrected chi connectivity index (χ3v) is 11.8. The average Bonchev–Trinajstić information content (AvgIpc) is 2.73. The fourth-order valence-electron chi connectivity index (χ4n) is 3.48. The van der Waals surface area contributed by atoms with Crippen LogP contribution in [0.1, 0.15) is 36.8 Å².